The molecular weight excluding hydrogens is 334 g/mol. The first-order valence-electron chi connectivity index (χ1n) is 10.3. The molecular formula is C23H25N3O. The fourth-order valence-corrected chi connectivity index (χ4v) is 6.72. The number of rotatable bonds is 1. The van der Waals surface area contributed by atoms with E-state index in [0.29, 0.717) is 12.5 Å². The number of carbonyl (C=O) groups is 1. The average Bonchev–Trinajstić information content (AvgIpc) is 2.83. The van der Waals surface area contributed by atoms with Crippen molar-refractivity contribution in [2.24, 2.45) is 23.2 Å². The summed E-state index contributed by atoms with van der Waals surface area (Å²) in [4.78, 5) is 20.6. The van der Waals surface area contributed by atoms with E-state index in [1.165, 1.54) is 19.3 Å². The molecule has 4 saturated carbocycles. The summed E-state index contributed by atoms with van der Waals surface area (Å²) in [6, 6.07) is 12.2. The summed E-state index contributed by atoms with van der Waals surface area (Å²) in [5.74, 6) is 3.54. The Kier molecular flexibility index (Phi) is 3.23. The molecule has 0 unspecified atom stereocenters. The summed E-state index contributed by atoms with van der Waals surface area (Å²) < 4.78 is 0. The van der Waals surface area contributed by atoms with Gasteiger partial charge in [-0.3, -0.25) is 4.79 Å². The van der Waals surface area contributed by atoms with E-state index >= 15 is 0 Å². The number of benzene rings is 1. The molecule has 0 spiro atoms. The van der Waals surface area contributed by atoms with Crippen LogP contribution in [0.15, 0.2) is 42.6 Å². The molecule has 1 aromatic carbocycles. The minimum absolute atomic E-state index is 0.130. The highest BCUT2D eigenvalue weighted by Crippen LogP contribution is 2.61. The number of hydrogen-bond donors (Lipinski definition) is 1. The molecule has 138 valence electrons. The summed E-state index contributed by atoms with van der Waals surface area (Å²) in [6.07, 6.45) is 9.19. The molecule has 4 bridgehead atoms. The number of hydrogen-bond acceptors (Lipinski definition) is 3. The molecule has 4 heteroatoms. The molecule has 0 atom stereocenters. The predicted octanol–water partition coefficient (Wildman–Crippen LogP) is 4.89. The van der Waals surface area contributed by atoms with Gasteiger partial charge in [0.2, 0.25) is 5.91 Å². The van der Waals surface area contributed by atoms with Crippen molar-refractivity contribution in [1.29, 1.82) is 0 Å². The number of nitrogens with zero attached hydrogens (tertiary/aromatic N) is 2. The number of amides is 1. The number of fused-ring (bicyclic) bond motifs is 2. The molecule has 1 aromatic heterocycles. The number of anilines is 3. The monoisotopic (exact) mass is 359 g/mol. The van der Waals surface area contributed by atoms with Crippen molar-refractivity contribution >= 4 is 23.1 Å². The van der Waals surface area contributed by atoms with Crippen LogP contribution in [0, 0.1) is 23.2 Å². The largest absolute Gasteiger partial charge is 0.338 e. The highest BCUT2D eigenvalue weighted by Gasteiger charge is 2.56. The molecule has 2 aromatic rings. The first-order chi connectivity index (χ1) is 13.2. The van der Waals surface area contributed by atoms with Gasteiger partial charge in [0, 0.05) is 11.8 Å². The third-order valence-electron chi connectivity index (χ3n) is 7.40. The Hall–Kier alpha value is -2.36. The Morgan fingerprint density at radius 1 is 1.00 bits per heavy atom. The van der Waals surface area contributed by atoms with Crippen molar-refractivity contribution in [3.8, 4) is 0 Å². The third-order valence-corrected chi connectivity index (χ3v) is 7.40. The highest BCUT2D eigenvalue weighted by atomic mass is 16.2. The zero-order valence-corrected chi connectivity index (χ0v) is 15.5. The molecule has 7 rings (SSSR count). The summed E-state index contributed by atoms with van der Waals surface area (Å²) in [5.41, 5.74) is 2.94. The van der Waals surface area contributed by atoms with Crippen molar-refractivity contribution in [3.05, 3.63) is 48.2 Å². The van der Waals surface area contributed by atoms with Crippen molar-refractivity contribution in [2.45, 2.75) is 45.1 Å². The molecule has 2 heterocycles. The number of carbonyl (C=O) groups excluding carboxylic acids is 1. The number of aromatic nitrogens is 1. The van der Waals surface area contributed by atoms with Crippen LogP contribution in [0.25, 0.3) is 0 Å². The molecule has 1 amide bonds. The second kappa shape index (κ2) is 5.57. The minimum atomic E-state index is -0.130. The van der Waals surface area contributed by atoms with Crippen LogP contribution in [0.4, 0.5) is 17.2 Å². The van der Waals surface area contributed by atoms with Crippen molar-refractivity contribution in [1.82, 2.24) is 4.98 Å². The Morgan fingerprint density at radius 3 is 2.44 bits per heavy atom. The second-order valence-electron chi connectivity index (χ2n) is 9.24. The van der Waals surface area contributed by atoms with Crippen LogP contribution in [0.2, 0.25) is 0 Å². The first-order valence-corrected chi connectivity index (χ1v) is 10.3. The van der Waals surface area contributed by atoms with Gasteiger partial charge in [-0.05, 0) is 74.5 Å². The summed E-state index contributed by atoms with van der Waals surface area (Å²) >= 11 is 0. The van der Waals surface area contributed by atoms with Crippen molar-refractivity contribution in [2.75, 3.05) is 10.2 Å². The Bertz CT molecular complexity index is 886. The summed E-state index contributed by atoms with van der Waals surface area (Å²) in [6.45, 7) is 0.605. The van der Waals surface area contributed by atoms with Crippen LogP contribution in [0.3, 0.4) is 0 Å². The molecule has 4 aliphatic carbocycles. The lowest BCUT2D eigenvalue weighted by Crippen LogP contribution is -2.54. The fourth-order valence-electron chi connectivity index (χ4n) is 6.72. The molecule has 4 nitrogen and oxygen atoms in total. The molecule has 4 fully saturated rings. The van der Waals surface area contributed by atoms with Gasteiger partial charge in [-0.25, -0.2) is 4.98 Å². The molecule has 0 radical (unpaired) electrons. The van der Waals surface area contributed by atoms with Crippen LogP contribution in [0.1, 0.15) is 44.1 Å². The van der Waals surface area contributed by atoms with Crippen molar-refractivity contribution in [3.63, 3.8) is 0 Å². The van der Waals surface area contributed by atoms with Gasteiger partial charge in [0.25, 0.3) is 0 Å². The van der Waals surface area contributed by atoms with Crippen molar-refractivity contribution < 1.29 is 4.79 Å². The standard InChI is InChI=1S/C23H25N3O/c27-22(23-11-15-8-16(12-23)10-17(9-15)13-23)26-14-18-4-3-7-24-21(18)25-19-5-1-2-6-20(19)26/h1-7,15-17H,8-14H2,(H,24,25)/t15-,16-,17-,23?. The number of para-hydroxylation sites is 2. The number of nitrogens with one attached hydrogen (secondary N) is 1. The van der Waals surface area contributed by atoms with Crippen LogP contribution in [0.5, 0.6) is 0 Å². The quantitative estimate of drug-likeness (QED) is 0.789. The van der Waals surface area contributed by atoms with Gasteiger partial charge >= 0.3 is 0 Å². The maximum absolute atomic E-state index is 14.1. The lowest BCUT2D eigenvalue weighted by atomic mass is 9.49. The zero-order chi connectivity index (χ0) is 18.0. The third kappa shape index (κ3) is 2.35. The van der Waals surface area contributed by atoms with Gasteiger partial charge in [0.15, 0.2) is 0 Å². The van der Waals surface area contributed by atoms with E-state index in [9.17, 15) is 4.79 Å². The van der Waals surface area contributed by atoms with Crippen LogP contribution in [-0.2, 0) is 11.3 Å². The maximum Gasteiger partial charge on any atom is 0.233 e. The first kappa shape index (κ1) is 15.7. The van der Waals surface area contributed by atoms with Gasteiger partial charge < -0.3 is 10.2 Å². The highest BCUT2D eigenvalue weighted by molar-refractivity contribution is 6.01. The van der Waals surface area contributed by atoms with Gasteiger partial charge in [-0.15, -0.1) is 0 Å². The minimum Gasteiger partial charge on any atom is -0.338 e. The van der Waals surface area contributed by atoms with Crippen LogP contribution >= 0.6 is 0 Å². The maximum atomic E-state index is 14.1. The molecule has 0 saturated heterocycles. The van der Waals surface area contributed by atoms with E-state index in [0.717, 1.165) is 59.8 Å². The lowest BCUT2D eigenvalue weighted by Gasteiger charge is -2.56. The van der Waals surface area contributed by atoms with E-state index in [1.807, 2.05) is 24.4 Å². The molecule has 27 heavy (non-hydrogen) atoms. The second-order valence-corrected chi connectivity index (χ2v) is 9.24. The predicted molar refractivity (Wildman–Crippen MR) is 106 cm³/mol. The van der Waals surface area contributed by atoms with Gasteiger partial charge in [0.05, 0.1) is 23.3 Å². The Labute approximate surface area is 160 Å². The van der Waals surface area contributed by atoms with E-state index in [4.69, 9.17) is 0 Å². The smallest absolute Gasteiger partial charge is 0.233 e. The van der Waals surface area contributed by atoms with Crippen LogP contribution < -0.4 is 10.2 Å². The van der Waals surface area contributed by atoms with Crippen LogP contribution in [-0.4, -0.2) is 10.9 Å². The normalized spacial score (nSPS) is 33.0. The van der Waals surface area contributed by atoms with E-state index < -0.39 is 0 Å². The zero-order valence-electron chi connectivity index (χ0n) is 15.5. The number of pyridine rings is 1. The Morgan fingerprint density at radius 2 is 1.70 bits per heavy atom. The van der Waals surface area contributed by atoms with Gasteiger partial charge in [-0.2, -0.15) is 0 Å². The topological polar surface area (TPSA) is 45.2 Å². The Balaban J connectivity index is 1.44. The fraction of sp³-hybridized carbons (Fsp3) is 0.478. The van der Waals surface area contributed by atoms with Gasteiger partial charge in [0.1, 0.15) is 5.82 Å². The molecule has 1 aliphatic heterocycles. The average molecular weight is 359 g/mol. The van der Waals surface area contributed by atoms with E-state index in [-0.39, 0.29) is 5.41 Å². The molecule has 1 N–H and O–H groups in total. The van der Waals surface area contributed by atoms with Gasteiger partial charge in [-0.1, -0.05) is 18.2 Å². The summed E-state index contributed by atoms with van der Waals surface area (Å²) in [5, 5.41) is 3.46. The lowest BCUT2D eigenvalue weighted by molar-refractivity contribution is -0.143. The van der Waals surface area contributed by atoms with E-state index in [1.54, 1.807) is 0 Å². The summed E-state index contributed by atoms with van der Waals surface area (Å²) in [7, 11) is 0. The molecule has 5 aliphatic rings. The SMILES string of the molecule is O=C(N1Cc2cccnc2Nc2ccccc21)C12C[C@H]3C[C@H](C1)C[C@@H](C2)C3. The van der Waals surface area contributed by atoms with E-state index in [2.05, 4.69) is 33.4 Å².